The van der Waals surface area contributed by atoms with E-state index in [1.807, 2.05) is 26.8 Å². The maximum atomic E-state index is 12.7. The number of aromatic nitrogens is 4. The Morgan fingerprint density at radius 2 is 1.79 bits per heavy atom. The van der Waals surface area contributed by atoms with E-state index in [4.69, 9.17) is 4.74 Å². The molecule has 0 saturated carbocycles. The molecule has 0 aliphatic rings. The molecule has 11 heteroatoms. The number of nitrogens with zero attached hydrogens (tertiary/aromatic N) is 5. The van der Waals surface area contributed by atoms with Crippen molar-refractivity contribution in [3.63, 3.8) is 0 Å². The zero-order valence-electron chi connectivity index (χ0n) is 19.8. The van der Waals surface area contributed by atoms with Crippen LogP contribution in [0.2, 0.25) is 0 Å². The molecule has 0 saturated heterocycles. The van der Waals surface area contributed by atoms with Gasteiger partial charge in [-0.3, -0.25) is 9.69 Å². The van der Waals surface area contributed by atoms with Crippen LogP contribution in [0.1, 0.15) is 29.6 Å². The highest BCUT2D eigenvalue weighted by molar-refractivity contribution is 5.91. The number of likely N-dealkylation sites (N-methyl/N-ethyl adjacent to an activating group) is 1. The first-order chi connectivity index (χ1) is 16.1. The van der Waals surface area contributed by atoms with Crippen LogP contribution in [0.15, 0.2) is 30.3 Å². The van der Waals surface area contributed by atoms with Gasteiger partial charge in [-0.15, -0.1) is 0 Å². The van der Waals surface area contributed by atoms with Crippen molar-refractivity contribution in [2.24, 2.45) is 0 Å². The number of benzene rings is 1. The monoisotopic (exact) mass is 474 g/mol. The predicted octanol–water partition coefficient (Wildman–Crippen LogP) is 3.66. The van der Waals surface area contributed by atoms with Crippen LogP contribution in [0.5, 0.6) is 11.5 Å². The summed E-state index contributed by atoms with van der Waals surface area (Å²) in [7, 11) is 1.78. The lowest BCUT2D eigenvalue weighted by molar-refractivity contribution is -0.117. The maximum absolute atomic E-state index is 12.7. The van der Waals surface area contributed by atoms with Gasteiger partial charge >= 0.3 is 6.61 Å². The van der Waals surface area contributed by atoms with Crippen molar-refractivity contribution in [1.82, 2.24) is 24.6 Å². The third-order valence-corrected chi connectivity index (χ3v) is 4.65. The number of aryl methyl sites for hydroxylation is 3. The highest BCUT2D eigenvalue weighted by Gasteiger charge is 2.16. The molecule has 0 aliphatic carbocycles. The summed E-state index contributed by atoms with van der Waals surface area (Å²) in [6.45, 7) is 5.14. The summed E-state index contributed by atoms with van der Waals surface area (Å²) in [6.07, 6.45) is 0. The zero-order valence-corrected chi connectivity index (χ0v) is 19.8. The predicted molar refractivity (Wildman–Crippen MR) is 123 cm³/mol. The Kier molecular flexibility index (Phi) is 8.11. The molecule has 3 rings (SSSR count). The topological polar surface area (TPSA) is 94.4 Å². The van der Waals surface area contributed by atoms with Crippen molar-refractivity contribution in [3.8, 4) is 17.4 Å². The summed E-state index contributed by atoms with van der Waals surface area (Å²) in [5.41, 5.74) is 3.08. The molecule has 2 aromatic heterocycles. The van der Waals surface area contributed by atoms with Gasteiger partial charge in [0.1, 0.15) is 5.82 Å². The Hall–Kier alpha value is -3.60. The number of hydrogen-bond acceptors (Lipinski definition) is 7. The number of nitrogens with one attached hydrogen (secondary N) is 1. The van der Waals surface area contributed by atoms with Crippen LogP contribution >= 0.6 is 0 Å². The molecule has 0 aliphatic heterocycles. The average Bonchev–Trinajstić information content (AvgIpc) is 3.08. The first-order valence-electron chi connectivity index (χ1n) is 10.7. The average molecular weight is 475 g/mol. The molecule has 1 N–H and O–H groups in total. The number of halogens is 2. The third-order valence-electron chi connectivity index (χ3n) is 4.65. The highest BCUT2D eigenvalue weighted by atomic mass is 19.3. The van der Waals surface area contributed by atoms with Gasteiger partial charge in [0.2, 0.25) is 5.91 Å². The van der Waals surface area contributed by atoms with E-state index in [2.05, 4.69) is 25.1 Å². The van der Waals surface area contributed by atoms with E-state index in [-0.39, 0.29) is 24.0 Å². The SMILES string of the molecule is CCOc1cc(CN(C)CC(=O)Nc2cc(C)nn2-c2nc(C)cc(C)n2)ccc1OC(F)F. The van der Waals surface area contributed by atoms with Crippen molar-refractivity contribution in [3.05, 3.63) is 53.0 Å². The third kappa shape index (κ3) is 6.70. The second-order valence-electron chi connectivity index (χ2n) is 7.85. The van der Waals surface area contributed by atoms with Crippen LogP contribution in [0.3, 0.4) is 0 Å². The van der Waals surface area contributed by atoms with Crippen LogP contribution in [0.25, 0.3) is 5.95 Å². The minimum absolute atomic E-state index is 0.0294. The normalized spacial score (nSPS) is 11.2. The van der Waals surface area contributed by atoms with Crippen LogP contribution in [0.4, 0.5) is 14.6 Å². The number of ether oxygens (including phenoxy) is 2. The smallest absolute Gasteiger partial charge is 0.387 e. The van der Waals surface area contributed by atoms with E-state index in [1.165, 1.54) is 10.7 Å². The Labute approximate surface area is 196 Å². The number of amides is 1. The minimum Gasteiger partial charge on any atom is -0.490 e. The Morgan fingerprint density at radius 3 is 2.44 bits per heavy atom. The minimum atomic E-state index is -2.94. The van der Waals surface area contributed by atoms with E-state index in [0.717, 1.165) is 17.0 Å². The van der Waals surface area contributed by atoms with Crippen LogP contribution in [-0.4, -0.2) is 57.4 Å². The van der Waals surface area contributed by atoms with E-state index < -0.39 is 6.61 Å². The number of carbonyl (C=O) groups is 1. The molecule has 34 heavy (non-hydrogen) atoms. The molecule has 182 valence electrons. The molecule has 1 amide bonds. The van der Waals surface area contributed by atoms with Gasteiger partial charge in [-0.25, -0.2) is 9.97 Å². The number of alkyl halides is 2. The Morgan fingerprint density at radius 1 is 1.09 bits per heavy atom. The lowest BCUT2D eigenvalue weighted by Crippen LogP contribution is -2.30. The molecule has 0 atom stereocenters. The summed E-state index contributed by atoms with van der Waals surface area (Å²) >= 11 is 0. The molecule has 9 nitrogen and oxygen atoms in total. The van der Waals surface area contributed by atoms with Crippen molar-refractivity contribution in [2.45, 2.75) is 40.9 Å². The van der Waals surface area contributed by atoms with Gasteiger partial charge in [-0.1, -0.05) is 6.07 Å². The standard InChI is InChI=1S/C23H28F2N6O3/c1-6-33-19-11-17(7-8-18(19)34-22(24)25)12-30(5)13-21(32)28-20-10-16(4)29-31(20)23-26-14(2)9-15(3)27-23/h7-11,22H,6,12-13H2,1-5H3,(H,28,32). The quantitative estimate of drug-likeness (QED) is 0.479. The molecule has 2 heterocycles. The second kappa shape index (κ2) is 11.0. The largest absolute Gasteiger partial charge is 0.490 e. The summed E-state index contributed by atoms with van der Waals surface area (Å²) in [4.78, 5) is 23.3. The van der Waals surface area contributed by atoms with Crippen LogP contribution in [0, 0.1) is 20.8 Å². The highest BCUT2D eigenvalue weighted by Crippen LogP contribution is 2.30. The van der Waals surface area contributed by atoms with Crippen molar-refractivity contribution < 1.29 is 23.0 Å². The van der Waals surface area contributed by atoms with Gasteiger partial charge in [-0.2, -0.15) is 18.6 Å². The molecule has 0 radical (unpaired) electrons. The van der Waals surface area contributed by atoms with Gasteiger partial charge in [-0.05, 0) is 58.5 Å². The lowest BCUT2D eigenvalue weighted by Gasteiger charge is -2.18. The summed E-state index contributed by atoms with van der Waals surface area (Å²) in [5, 5.41) is 7.26. The molecule has 0 spiro atoms. The zero-order chi connectivity index (χ0) is 24.8. The fraction of sp³-hybridized carbons (Fsp3) is 0.391. The van der Waals surface area contributed by atoms with Crippen molar-refractivity contribution >= 4 is 11.7 Å². The number of rotatable bonds is 10. The van der Waals surface area contributed by atoms with Gasteiger partial charge in [0.25, 0.3) is 5.95 Å². The van der Waals surface area contributed by atoms with Gasteiger partial charge < -0.3 is 14.8 Å². The number of hydrogen-bond donors (Lipinski definition) is 1. The van der Waals surface area contributed by atoms with Crippen molar-refractivity contribution in [1.29, 1.82) is 0 Å². The molecule has 0 unspecified atom stereocenters. The van der Waals surface area contributed by atoms with Crippen molar-refractivity contribution in [2.75, 3.05) is 25.5 Å². The van der Waals surface area contributed by atoms with Gasteiger partial charge in [0, 0.05) is 24.0 Å². The van der Waals surface area contributed by atoms with E-state index in [0.29, 0.717) is 30.6 Å². The first-order valence-corrected chi connectivity index (χ1v) is 10.7. The fourth-order valence-electron chi connectivity index (χ4n) is 3.45. The summed E-state index contributed by atoms with van der Waals surface area (Å²) in [5.74, 6) is 0.789. The number of anilines is 1. The summed E-state index contributed by atoms with van der Waals surface area (Å²) in [6, 6.07) is 8.33. The van der Waals surface area contributed by atoms with Crippen LogP contribution in [-0.2, 0) is 11.3 Å². The first kappa shape index (κ1) is 25.0. The molecular formula is C23H28F2N6O3. The molecule has 0 bridgehead atoms. The van der Waals surface area contributed by atoms with Gasteiger partial charge in [0.15, 0.2) is 11.5 Å². The molecule has 0 fully saturated rings. The van der Waals surface area contributed by atoms with E-state index in [1.54, 1.807) is 37.1 Å². The molecular weight excluding hydrogens is 446 g/mol. The Balaban J connectivity index is 1.67. The van der Waals surface area contributed by atoms with Gasteiger partial charge in [0.05, 0.1) is 18.8 Å². The summed E-state index contributed by atoms with van der Waals surface area (Å²) < 4.78 is 36.6. The maximum Gasteiger partial charge on any atom is 0.387 e. The number of carbonyl (C=O) groups excluding carboxylic acids is 1. The Bertz CT molecular complexity index is 1130. The second-order valence-corrected chi connectivity index (χ2v) is 7.85. The van der Waals surface area contributed by atoms with Crippen LogP contribution < -0.4 is 14.8 Å². The lowest BCUT2D eigenvalue weighted by atomic mass is 10.2. The van der Waals surface area contributed by atoms with E-state index in [9.17, 15) is 13.6 Å². The molecule has 1 aromatic carbocycles. The fourth-order valence-corrected chi connectivity index (χ4v) is 3.45. The molecule has 3 aromatic rings. The van der Waals surface area contributed by atoms with E-state index >= 15 is 0 Å².